The van der Waals surface area contributed by atoms with Crippen molar-refractivity contribution in [3.05, 3.63) is 212 Å². The molecule has 10 aromatic carbocycles. The van der Waals surface area contributed by atoms with Gasteiger partial charge in [0.25, 0.3) is 0 Å². The molecule has 0 radical (unpaired) electrons. The maximum Gasteiger partial charge on any atom is 0.143 e. The van der Waals surface area contributed by atoms with Gasteiger partial charge in [-0.2, -0.15) is 0 Å². The molecule has 0 aliphatic heterocycles. The van der Waals surface area contributed by atoms with E-state index < -0.39 is 0 Å². The second-order valence-corrected chi connectivity index (χ2v) is 15.3. The first-order valence-corrected chi connectivity index (χ1v) is 20.1. The first-order chi connectivity index (χ1) is 29.2. The lowest BCUT2D eigenvalue weighted by Crippen LogP contribution is -2.10. The Kier molecular flexibility index (Phi) is 7.54. The second kappa shape index (κ2) is 13.4. The average Bonchev–Trinajstić information content (AvgIpc) is 3.89. The summed E-state index contributed by atoms with van der Waals surface area (Å²) in [5.74, 6) is 0. The van der Waals surface area contributed by atoms with E-state index in [2.05, 4.69) is 217 Å². The molecule has 0 aliphatic rings. The molecule has 0 fully saturated rings. The fourth-order valence-electron chi connectivity index (χ4n) is 8.95. The third-order valence-corrected chi connectivity index (χ3v) is 11.9. The quantitative estimate of drug-likeness (QED) is 0.169. The van der Waals surface area contributed by atoms with Gasteiger partial charge in [-0.1, -0.05) is 152 Å². The van der Waals surface area contributed by atoms with Crippen molar-refractivity contribution < 1.29 is 8.83 Å². The summed E-state index contributed by atoms with van der Waals surface area (Å²) in [6.07, 6.45) is 0. The highest BCUT2D eigenvalue weighted by atomic mass is 16.3. The lowest BCUT2D eigenvalue weighted by atomic mass is 9.99. The summed E-state index contributed by atoms with van der Waals surface area (Å²) in [6.45, 7) is 0. The molecule has 59 heavy (non-hydrogen) atoms. The van der Waals surface area contributed by atoms with Crippen molar-refractivity contribution in [2.45, 2.75) is 0 Å². The molecule has 0 bridgehead atoms. The molecular formula is C56H35NO2. The van der Waals surface area contributed by atoms with Gasteiger partial charge in [0, 0.05) is 38.5 Å². The molecule has 3 nitrogen and oxygen atoms in total. The van der Waals surface area contributed by atoms with Crippen molar-refractivity contribution in [1.29, 1.82) is 0 Å². The van der Waals surface area contributed by atoms with Crippen molar-refractivity contribution in [3.8, 4) is 33.4 Å². The van der Waals surface area contributed by atoms with E-state index in [1.54, 1.807) is 0 Å². The van der Waals surface area contributed by atoms with Crippen LogP contribution in [0.25, 0.3) is 98.8 Å². The van der Waals surface area contributed by atoms with Gasteiger partial charge in [-0.15, -0.1) is 0 Å². The zero-order chi connectivity index (χ0) is 38.9. The Morgan fingerprint density at radius 1 is 0.305 bits per heavy atom. The molecule has 276 valence electrons. The number of furan rings is 2. The molecule has 0 N–H and O–H groups in total. The van der Waals surface area contributed by atoms with Gasteiger partial charge in [0.15, 0.2) is 0 Å². The van der Waals surface area contributed by atoms with Gasteiger partial charge in [-0.3, -0.25) is 0 Å². The van der Waals surface area contributed by atoms with E-state index in [4.69, 9.17) is 8.83 Å². The number of nitrogens with zero attached hydrogens (tertiary/aromatic N) is 1. The van der Waals surface area contributed by atoms with Gasteiger partial charge in [0.1, 0.15) is 22.3 Å². The van der Waals surface area contributed by atoms with Crippen LogP contribution in [0.1, 0.15) is 0 Å². The van der Waals surface area contributed by atoms with Crippen molar-refractivity contribution in [2.75, 3.05) is 4.90 Å². The number of anilines is 3. The molecule has 2 heterocycles. The molecule has 12 aromatic rings. The van der Waals surface area contributed by atoms with E-state index in [0.717, 1.165) is 83.0 Å². The molecule has 3 heteroatoms. The van der Waals surface area contributed by atoms with Gasteiger partial charge in [0.05, 0.1) is 11.1 Å². The number of fused-ring (bicyclic) bond motifs is 9. The Balaban J connectivity index is 1.01. The van der Waals surface area contributed by atoms with Crippen molar-refractivity contribution in [2.24, 2.45) is 0 Å². The second-order valence-electron chi connectivity index (χ2n) is 15.3. The summed E-state index contributed by atoms with van der Waals surface area (Å²) in [7, 11) is 0. The Hall–Kier alpha value is -7.88. The first kappa shape index (κ1) is 33.3. The molecule has 0 saturated carbocycles. The minimum absolute atomic E-state index is 0.848. The van der Waals surface area contributed by atoms with E-state index in [1.807, 2.05) is 0 Å². The summed E-state index contributed by atoms with van der Waals surface area (Å²) in [6, 6.07) is 75.7. The molecule has 0 aliphatic carbocycles. The van der Waals surface area contributed by atoms with Crippen LogP contribution in [-0.4, -0.2) is 0 Å². The van der Waals surface area contributed by atoms with Crippen LogP contribution in [0.2, 0.25) is 0 Å². The van der Waals surface area contributed by atoms with Gasteiger partial charge in [0.2, 0.25) is 0 Å². The maximum atomic E-state index is 6.74. The lowest BCUT2D eigenvalue weighted by Gasteiger charge is -2.26. The predicted octanol–water partition coefficient (Wildman–Crippen LogP) is 16.3. The van der Waals surface area contributed by atoms with Crippen LogP contribution in [0.4, 0.5) is 17.1 Å². The zero-order valence-corrected chi connectivity index (χ0v) is 32.0. The fraction of sp³-hybridized carbons (Fsp3) is 0. The Morgan fingerprint density at radius 3 is 1.75 bits per heavy atom. The van der Waals surface area contributed by atoms with Crippen molar-refractivity contribution in [3.63, 3.8) is 0 Å². The minimum atomic E-state index is 0.848. The van der Waals surface area contributed by atoms with Crippen LogP contribution in [0.3, 0.4) is 0 Å². The number of rotatable bonds is 6. The highest BCUT2D eigenvalue weighted by Gasteiger charge is 2.21. The minimum Gasteiger partial charge on any atom is -0.456 e. The van der Waals surface area contributed by atoms with E-state index in [0.29, 0.717) is 0 Å². The van der Waals surface area contributed by atoms with E-state index >= 15 is 0 Å². The highest BCUT2D eigenvalue weighted by molar-refractivity contribution is 6.17. The summed E-state index contributed by atoms with van der Waals surface area (Å²) in [5.41, 5.74) is 13.5. The van der Waals surface area contributed by atoms with Crippen molar-refractivity contribution >= 4 is 82.5 Å². The van der Waals surface area contributed by atoms with Crippen LogP contribution < -0.4 is 4.90 Å². The highest BCUT2D eigenvalue weighted by Crippen LogP contribution is 2.45. The standard InChI is InChI=1S/C56H35NO2/c1-2-10-36(11-3-1)43-27-33-52-50(35-43)54-51(18-9-19-53(54)58-52)57(44-28-22-38(23-29-44)42-21-20-37-12-4-5-14-41(37)34-42)45-30-24-40(25-31-45)47-16-8-17-48-49-32-26-39-13-6-7-15-46(39)56(49)59-55(47)48/h1-35H. The van der Waals surface area contributed by atoms with E-state index in [-0.39, 0.29) is 0 Å². The van der Waals surface area contributed by atoms with Crippen LogP contribution >= 0.6 is 0 Å². The average molecular weight is 754 g/mol. The topological polar surface area (TPSA) is 29.5 Å². The van der Waals surface area contributed by atoms with Gasteiger partial charge in [-0.05, 0) is 105 Å². The normalized spacial score (nSPS) is 11.7. The maximum absolute atomic E-state index is 6.74. The van der Waals surface area contributed by atoms with Gasteiger partial charge in [-0.25, -0.2) is 0 Å². The molecule has 0 atom stereocenters. The van der Waals surface area contributed by atoms with Crippen LogP contribution in [0.15, 0.2) is 221 Å². The number of hydrogen-bond acceptors (Lipinski definition) is 3. The van der Waals surface area contributed by atoms with Crippen molar-refractivity contribution in [1.82, 2.24) is 0 Å². The molecule has 0 spiro atoms. The van der Waals surface area contributed by atoms with Gasteiger partial charge >= 0.3 is 0 Å². The fourth-order valence-corrected chi connectivity index (χ4v) is 8.95. The third kappa shape index (κ3) is 5.51. The summed E-state index contributed by atoms with van der Waals surface area (Å²) in [4.78, 5) is 2.36. The number of benzene rings is 10. The monoisotopic (exact) mass is 753 g/mol. The van der Waals surface area contributed by atoms with E-state index in [1.165, 1.54) is 32.8 Å². The number of para-hydroxylation sites is 1. The van der Waals surface area contributed by atoms with Gasteiger partial charge < -0.3 is 13.7 Å². The molecule has 2 aromatic heterocycles. The summed E-state index contributed by atoms with van der Waals surface area (Å²) in [5, 5.41) is 9.17. The van der Waals surface area contributed by atoms with E-state index in [9.17, 15) is 0 Å². The van der Waals surface area contributed by atoms with Crippen LogP contribution in [-0.2, 0) is 0 Å². The Labute approximate surface area is 340 Å². The smallest absolute Gasteiger partial charge is 0.143 e. The summed E-state index contributed by atoms with van der Waals surface area (Å²) < 4.78 is 13.3. The van der Waals surface area contributed by atoms with Crippen LogP contribution in [0, 0.1) is 0 Å². The Morgan fingerprint density at radius 2 is 0.915 bits per heavy atom. The molecule has 0 unspecified atom stereocenters. The SMILES string of the molecule is c1ccc(-c2ccc3oc4cccc(N(c5ccc(-c6ccc7ccccc7c6)cc5)c5ccc(-c6cccc7c6oc6c8ccccc8ccc76)cc5)c4c3c2)cc1. The Bertz CT molecular complexity index is 3540. The summed E-state index contributed by atoms with van der Waals surface area (Å²) >= 11 is 0. The molecule has 0 saturated heterocycles. The molecular weight excluding hydrogens is 719 g/mol. The molecule has 0 amide bonds. The lowest BCUT2D eigenvalue weighted by molar-refractivity contribution is 0.669. The first-order valence-electron chi connectivity index (χ1n) is 20.1. The number of hydrogen-bond donors (Lipinski definition) is 0. The largest absolute Gasteiger partial charge is 0.456 e. The van der Waals surface area contributed by atoms with Crippen LogP contribution in [0.5, 0.6) is 0 Å². The predicted molar refractivity (Wildman–Crippen MR) is 247 cm³/mol. The zero-order valence-electron chi connectivity index (χ0n) is 32.0. The third-order valence-electron chi connectivity index (χ3n) is 11.9. The molecule has 12 rings (SSSR count).